The second-order valence-electron chi connectivity index (χ2n) is 5.48. The molecule has 2 unspecified atom stereocenters. The molecule has 4 heteroatoms. The van der Waals surface area contributed by atoms with E-state index in [1.54, 1.807) is 7.11 Å². The number of benzene rings is 1. The highest BCUT2D eigenvalue weighted by atomic mass is 16.5. The van der Waals surface area contributed by atoms with Gasteiger partial charge in [-0.05, 0) is 50.6 Å². The first kappa shape index (κ1) is 15.1. The van der Waals surface area contributed by atoms with Gasteiger partial charge >= 0.3 is 0 Å². The molecule has 1 aliphatic heterocycles. The van der Waals surface area contributed by atoms with Gasteiger partial charge in [0.2, 0.25) is 0 Å². The van der Waals surface area contributed by atoms with Crippen molar-refractivity contribution in [3.8, 4) is 11.5 Å². The van der Waals surface area contributed by atoms with Crippen molar-refractivity contribution in [3.05, 3.63) is 24.3 Å². The zero-order valence-electron chi connectivity index (χ0n) is 12.4. The Kier molecular flexibility index (Phi) is 5.68. The van der Waals surface area contributed by atoms with Crippen molar-refractivity contribution in [1.29, 1.82) is 0 Å². The Morgan fingerprint density at radius 2 is 1.95 bits per heavy atom. The summed E-state index contributed by atoms with van der Waals surface area (Å²) in [4.78, 5) is 2.35. The zero-order chi connectivity index (χ0) is 14.4. The highest BCUT2D eigenvalue weighted by Gasteiger charge is 2.20. The number of piperidine rings is 1. The van der Waals surface area contributed by atoms with Gasteiger partial charge in [-0.3, -0.25) is 4.90 Å². The molecule has 0 spiro atoms. The quantitative estimate of drug-likeness (QED) is 0.867. The molecule has 4 nitrogen and oxygen atoms in total. The number of hydrogen-bond donors (Lipinski definition) is 1. The maximum Gasteiger partial charge on any atom is 0.119 e. The molecule has 0 radical (unpaired) electrons. The molecule has 2 atom stereocenters. The summed E-state index contributed by atoms with van der Waals surface area (Å²) in [6, 6.07) is 7.99. The lowest BCUT2D eigenvalue weighted by Gasteiger charge is -2.34. The normalized spacial score (nSPS) is 21.4. The van der Waals surface area contributed by atoms with Gasteiger partial charge in [0.05, 0.1) is 7.11 Å². The summed E-state index contributed by atoms with van der Waals surface area (Å²) in [5.41, 5.74) is 0. The summed E-state index contributed by atoms with van der Waals surface area (Å²) in [5, 5.41) is 10.1. The van der Waals surface area contributed by atoms with E-state index in [0.717, 1.165) is 18.0 Å². The number of nitrogens with zero attached hydrogens (tertiary/aromatic N) is 1. The van der Waals surface area contributed by atoms with Crippen LogP contribution in [-0.2, 0) is 0 Å². The van der Waals surface area contributed by atoms with E-state index in [1.165, 1.54) is 19.3 Å². The third-order valence-corrected chi connectivity index (χ3v) is 3.89. The molecular weight excluding hydrogens is 254 g/mol. The number of β-amino-alcohol motifs (C(OH)–C–C–N with tert-alkyl or cyclic N) is 1. The van der Waals surface area contributed by atoms with Crippen molar-refractivity contribution in [2.45, 2.75) is 38.3 Å². The van der Waals surface area contributed by atoms with Crippen LogP contribution in [0.15, 0.2) is 24.3 Å². The molecule has 0 bridgehead atoms. The average Bonchev–Trinajstić information content (AvgIpc) is 2.48. The lowest BCUT2D eigenvalue weighted by molar-refractivity contribution is 0.0438. The molecule has 2 rings (SSSR count). The fourth-order valence-electron chi connectivity index (χ4n) is 2.62. The van der Waals surface area contributed by atoms with Crippen molar-refractivity contribution < 1.29 is 14.6 Å². The van der Waals surface area contributed by atoms with Gasteiger partial charge in [0.15, 0.2) is 0 Å². The summed E-state index contributed by atoms with van der Waals surface area (Å²) in [6.45, 7) is 4.34. The topological polar surface area (TPSA) is 41.9 Å². The van der Waals surface area contributed by atoms with E-state index in [4.69, 9.17) is 9.47 Å². The number of aliphatic hydroxyl groups is 1. The Hall–Kier alpha value is -1.26. The molecule has 0 saturated carbocycles. The molecule has 0 aromatic heterocycles. The molecule has 0 aliphatic carbocycles. The van der Waals surface area contributed by atoms with Gasteiger partial charge in [0.25, 0.3) is 0 Å². The first-order valence-electron chi connectivity index (χ1n) is 7.38. The minimum atomic E-state index is -0.447. The molecule has 1 N–H and O–H groups in total. The maximum atomic E-state index is 10.1. The van der Waals surface area contributed by atoms with Gasteiger partial charge in [-0.15, -0.1) is 0 Å². The summed E-state index contributed by atoms with van der Waals surface area (Å²) in [6.07, 6.45) is 3.32. The maximum absolute atomic E-state index is 10.1. The number of hydrogen-bond acceptors (Lipinski definition) is 4. The Morgan fingerprint density at radius 3 is 2.60 bits per heavy atom. The van der Waals surface area contributed by atoms with Gasteiger partial charge in [-0.2, -0.15) is 0 Å². The molecule has 1 fully saturated rings. The Bertz CT molecular complexity index is 393. The van der Waals surface area contributed by atoms with E-state index in [2.05, 4.69) is 11.8 Å². The number of ether oxygens (including phenoxy) is 2. The molecule has 1 saturated heterocycles. The summed E-state index contributed by atoms with van der Waals surface area (Å²) in [7, 11) is 1.64. The number of aliphatic hydroxyl groups excluding tert-OH is 1. The molecule has 1 aliphatic rings. The minimum Gasteiger partial charge on any atom is -0.497 e. The fraction of sp³-hybridized carbons (Fsp3) is 0.625. The number of rotatable bonds is 6. The minimum absolute atomic E-state index is 0.329. The standard InChI is InChI=1S/C16H25NO3/c1-13-5-3-4-10-17(13)11-14(18)12-20-16-8-6-15(19-2)7-9-16/h6-9,13-14,18H,3-5,10-12H2,1-2H3. The smallest absolute Gasteiger partial charge is 0.119 e. The first-order valence-corrected chi connectivity index (χ1v) is 7.38. The van der Waals surface area contributed by atoms with Crippen LogP contribution < -0.4 is 9.47 Å². The van der Waals surface area contributed by atoms with Gasteiger partial charge < -0.3 is 14.6 Å². The average molecular weight is 279 g/mol. The lowest BCUT2D eigenvalue weighted by atomic mass is 10.0. The summed E-state index contributed by atoms with van der Waals surface area (Å²) >= 11 is 0. The van der Waals surface area contributed by atoms with Crippen LogP contribution in [0.2, 0.25) is 0 Å². The van der Waals surface area contributed by atoms with E-state index in [1.807, 2.05) is 24.3 Å². The number of likely N-dealkylation sites (tertiary alicyclic amines) is 1. The van der Waals surface area contributed by atoms with Crippen LogP contribution in [0.4, 0.5) is 0 Å². The second kappa shape index (κ2) is 7.50. The van der Waals surface area contributed by atoms with Crippen LogP contribution in [0.3, 0.4) is 0 Å². The van der Waals surface area contributed by atoms with Crippen molar-refractivity contribution in [2.24, 2.45) is 0 Å². The van der Waals surface area contributed by atoms with Gasteiger partial charge in [-0.25, -0.2) is 0 Å². The largest absolute Gasteiger partial charge is 0.497 e. The van der Waals surface area contributed by atoms with Gasteiger partial charge in [0.1, 0.15) is 24.2 Å². The van der Waals surface area contributed by atoms with Gasteiger partial charge in [-0.1, -0.05) is 6.42 Å². The Labute approximate surface area is 121 Å². The SMILES string of the molecule is COc1ccc(OCC(O)CN2CCCCC2C)cc1. The highest BCUT2D eigenvalue weighted by molar-refractivity contribution is 5.31. The van der Waals surface area contributed by atoms with Crippen molar-refractivity contribution >= 4 is 0 Å². The van der Waals surface area contributed by atoms with Crippen LogP contribution in [0.25, 0.3) is 0 Å². The molecule has 1 aromatic rings. The van der Waals surface area contributed by atoms with Crippen LogP contribution in [0.1, 0.15) is 26.2 Å². The molecule has 112 valence electrons. The van der Waals surface area contributed by atoms with Crippen molar-refractivity contribution in [3.63, 3.8) is 0 Å². The first-order chi connectivity index (χ1) is 9.69. The summed E-state index contributed by atoms with van der Waals surface area (Å²) in [5.74, 6) is 1.57. The highest BCUT2D eigenvalue weighted by Crippen LogP contribution is 2.18. The fourth-order valence-corrected chi connectivity index (χ4v) is 2.62. The molecular formula is C16H25NO3. The summed E-state index contributed by atoms with van der Waals surface area (Å²) < 4.78 is 10.7. The van der Waals surface area contributed by atoms with E-state index in [-0.39, 0.29) is 0 Å². The predicted molar refractivity (Wildman–Crippen MR) is 79.4 cm³/mol. The van der Waals surface area contributed by atoms with Crippen LogP contribution >= 0.6 is 0 Å². The molecule has 1 aromatic carbocycles. The molecule has 0 amide bonds. The van der Waals surface area contributed by atoms with Crippen LogP contribution in [0.5, 0.6) is 11.5 Å². The monoisotopic (exact) mass is 279 g/mol. The Balaban J connectivity index is 1.74. The van der Waals surface area contributed by atoms with Crippen LogP contribution in [0, 0.1) is 0 Å². The van der Waals surface area contributed by atoms with Crippen molar-refractivity contribution in [2.75, 3.05) is 26.8 Å². The number of methoxy groups -OCH3 is 1. The van der Waals surface area contributed by atoms with Crippen molar-refractivity contribution in [1.82, 2.24) is 4.90 Å². The second-order valence-corrected chi connectivity index (χ2v) is 5.48. The zero-order valence-corrected chi connectivity index (χ0v) is 12.4. The van der Waals surface area contributed by atoms with Crippen LogP contribution in [-0.4, -0.2) is 49.0 Å². The lowest BCUT2D eigenvalue weighted by Crippen LogP contribution is -2.43. The third kappa shape index (κ3) is 4.39. The Morgan fingerprint density at radius 1 is 1.25 bits per heavy atom. The van der Waals surface area contributed by atoms with E-state index < -0.39 is 6.10 Å². The van der Waals surface area contributed by atoms with E-state index in [9.17, 15) is 5.11 Å². The third-order valence-electron chi connectivity index (χ3n) is 3.89. The molecule has 1 heterocycles. The van der Waals surface area contributed by atoms with E-state index >= 15 is 0 Å². The van der Waals surface area contributed by atoms with E-state index in [0.29, 0.717) is 19.2 Å². The predicted octanol–water partition coefficient (Wildman–Crippen LogP) is 2.31. The molecule has 20 heavy (non-hydrogen) atoms. The van der Waals surface area contributed by atoms with Gasteiger partial charge in [0, 0.05) is 12.6 Å².